The van der Waals surface area contributed by atoms with Crippen molar-refractivity contribution in [2.75, 3.05) is 14.2 Å². The molecular weight excluding hydrogens is 280 g/mol. The Bertz CT molecular complexity index is 654. The number of para-hydroxylation sites is 1. The van der Waals surface area contributed by atoms with Crippen molar-refractivity contribution >= 4 is 12.1 Å². The molecule has 2 aromatic carbocycles. The van der Waals surface area contributed by atoms with Crippen LogP contribution in [0.25, 0.3) is 0 Å². The predicted octanol–water partition coefficient (Wildman–Crippen LogP) is 2.40. The van der Waals surface area contributed by atoms with Crippen LogP contribution in [-0.4, -0.2) is 26.3 Å². The fraction of sp³-hybridized carbons (Fsp3) is 0.176. The van der Waals surface area contributed by atoms with E-state index in [9.17, 15) is 4.79 Å². The third-order valence-corrected chi connectivity index (χ3v) is 3.03. The summed E-state index contributed by atoms with van der Waals surface area (Å²) in [6, 6.07) is 14.9. The standard InChI is InChI=1S/C17H18N2O3/c1-21-15-10-6-9-14(17(15)22-2)12-18-19-16(20)11-13-7-4-3-5-8-13/h3-10,12H,11H2,1-2H3,(H,19,20)/b18-12+. The van der Waals surface area contributed by atoms with Gasteiger partial charge in [-0.05, 0) is 17.7 Å². The third-order valence-electron chi connectivity index (χ3n) is 3.03. The summed E-state index contributed by atoms with van der Waals surface area (Å²) in [5.74, 6) is 1.01. The number of amides is 1. The third kappa shape index (κ3) is 4.09. The first-order chi connectivity index (χ1) is 10.7. The summed E-state index contributed by atoms with van der Waals surface area (Å²) in [6.07, 6.45) is 1.82. The number of rotatable bonds is 6. The van der Waals surface area contributed by atoms with E-state index in [0.717, 1.165) is 11.1 Å². The number of ether oxygens (including phenoxy) is 2. The normalized spacial score (nSPS) is 10.5. The Kier molecular flexibility index (Phi) is 5.54. The highest BCUT2D eigenvalue weighted by molar-refractivity contribution is 5.86. The Morgan fingerprint density at radius 2 is 1.86 bits per heavy atom. The number of hydrazone groups is 1. The second kappa shape index (κ2) is 7.83. The van der Waals surface area contributed by atoms with Gasteiger partial charge in [0.1, 0.15) is 0 Å². The molecule has 5 nitrogen and oxygen atoms in total. The minimum absolute atomic E-state index is 0.177. The zero-order valence-electron chi connectivity index (χ0n) is 12.6. The molecule has 0 saturated carbocycles. The van der Waals surface area contributed by atoms with Crippen molar-refractivity contribution in [2.24, 2.45) is 5.10 Å². The van der Waals surface area contributed by atoms with E-state index in [1.54, 1.807) is 20.3 Å². The Morgan fingerprint density at radius 1 is 1.09 bits per heavy atom. The summed E-state index contributed by atoms with van der Waals surface area (Å²) in [4.78, 5) is 11.8. The summed E-state index contributed by atoms with van der Waals surface area (Å²) in [6.45, 7) is 0. The molecule has 0 aliphatic heterocycles. The minimum Gasteiger partial charge on any atom is -0.493 e. The van der Waals surface area contributed by atoms with Gasteiger partial charge in [0.2, 0.25) is 5.91 Å². The molecule has 0 fully saturated rings. The molecule has 0 aliphatic carbocycles. The topological polar surface area (TPSA) is 59.9 Å². The van der Waals surface area contributed by atoms with E-state index in [4.69, 9.17) is 9.47 Å². The van der Waals surface area contributed by atoms with Crippen LogP contribution in [0.5, 0.6) is 11.5 Å². The number of carbonyl (C=O) groups excluding carboxylic acids is 1. The summed E-state index contributed by atoms with van der Waals surface area (Å²) in [5, 5.41) is 3.96. The molecule has 0 unspecified atom stereocenters. The van der Waals surface area contributed by atoms with Gasteiger partial charge in [-0.3, -0.25) is 4.79 Å². The van der Waals surface area contributed by atoms with Crippen molar-refractivity contribution in [3.8, 4) is 11.5 Å². The Morgan fingerprint density at radius 3 is 2.55 bits per heavy atom. The first kappa shape index (κ1) is 15.6. The number of nitrogens with one attached hydrogen (secondary N) is 1. The molecule has 0 heterocycles. The van der Waals surface area contributed by atoms with Gasteiger partial charge in [0.05, 0.1) is 26.9 Å². The van der Waals surface area contributed by atoms with E-state index < -0.39 is 0 Å². The van der Waals surface area contributed by atoms with Crippen LogP contribution >= 0.6 is 0 Å². The summed E-state index contributed by atoms with van der Waals surface area (Å²) >= 11 is 0. The van der Waals surface area contributed by atoms with Gasteiger partial charge in [-0.15, -0.1) is 0 Å². The number of hydrogen-bond acceptors (Lipinski definition) is 4. The van der Waals surface area contributed by atoms with E-state index >= 15 is 0 Å². The number of benzene rings is 2. The van der Waals surface area contributed by atoms with Crippen LogP contribution in [0.1, 0.15) is 11.1 Å². The molecule has 2 aromatic rings. The van der Waals surface area contributed by atoms with E-state index in [1.807, 2.05) is 42.5 Å². The van der Waals surface area contributed by atoms with Gasteiger partial charge in [0, 0.05) is 5.56 Å². The second-order valence-electron chi connectivity index (χ2n) is 4.54. The molecule has 0 radical (unpaired) electrons. The molecule has 0 atom stereocenters. The Hall–Kier alpha value is -2.82. The zero-order valence-corrected chi connectivity index (χ0v) is 12.6. The quantitative estimate of drug-likeness (QED) is 0.658. The molecule has 0 bridgehead atoms. The molecule has 0 aliphatic rings. The fourth-order valence-corrected chi connectivity index (χ4v) is 2.01. The maximum absolute atomic E-state index is 11.8. The van der Waals surface area contributed by atoms with E-state index in [1.165, 1.54) is 6.21 Å². The Balaban J connectivity index is 1.99. The second-order valence-corrected chi connectivity index (χ2v) is 4.54. The van der Waals surface area contributed by atoms with Gasteiger partial charge in [0.15, 0.2) is 11.5 Å². The lowest BCUT2D eigenvalue weighted by Gasteiger charge is -2.09. The van der Waals surface area contributed by atoms with Crippen molar-refractivity contribution in [3.63, 3.8) is 0 Å². The molecule has 2 rings (SSSR count). The molecule has 5 heteroatoms. The van der Waals surface area contributed by atoms with Crippen LogP contribution in [-0.2, 0) is 11.2 Å². The average molecular weight is 298 g/mol. The van der Waals surface area contributed by atoms with Crippen molar-refractivity contribution in [2.45, 2.75) is 6.42 Å². The van der Waals surface area contributed by atoms with Crippen molar-refractivity contribution in [1.82, 2.24) is 5.43 Å². The number of carbonyl (C=O) groups is 1. The number of methoxy groups -OCH3 is 2. The highest BCUT2D eigenvalue weighted by atomic mass is 16.5. The van der Waals surface area contributed by atoms with Crippen LogP contribution in [0, 0.1) is 0 Å². The Labute approximate surface area is 129 Å². The van der Waals surface area contributed by atoms with Crippen molar-refractivity contribution in [3.05, 3.63) is 59.7 Å². The number of hydrogen-bond donors (Lipinski definition) is 1. The van der Waals surface area contributed by atoms with Crippen LogP contribution in [0.2, 0.25) is 0 Å². The highest BCUT2D eigenvalue weighted by Crippen LogP contribution is 2.29. The molecule has 114 valence electrons. The summed E-state index contributed by atoms with van der Waals surface area (Å²) in [5.41, 5.74) is 4.17. The molecule has 0 spiro atoms. The van der Waals surface area contributed by atoms with Crippen molar-refractivity contribution in [1.29, 1.82) is 0 Å². The molecular formula is C17H18N2O3. The lowest BCUT2D eigenvalue weighted by atomic mass is 10.1. The van der Waals surface area contributed by atoms with E-state index in [2.05, 4.69) is 10.5 Å². The lowest BCUT2D eigenvalue weighted by molar-refractivity contribution is -0.120. The van der Waals surface area contributed by atoms with Crippen LogP contribution in [0.3, 0.4) is 0 Å². The maximum atomic E-state index is 11.8. The predicted molar refractivity (Wildman–Crippen MR) is 85.4 cm³/mol. The SMILES string of the molecule is COc1cccc(/C=N/NC(=O)Cc2ccccc2)c1OC. The minimum atomic E-state index is -0.177. The summed E-state index contributed by atoms with van der Waals surface area (Å²) in [7, 11) is 3.13. The van der Waals surface area contributed by atoms with Gasteiger partial charge in [-0.25, -0.2) is 5.43 Å². The average Bonchev–Trinajstić information content (AvgIpc) is 2.55. The monoisotopic (exact) mass is 298 g/mol. The first-order valence-corrected chi connectivity index (χ1v) is 6.81. The number of nitrogens with zero attached hydrogens (tertiary/aromatic N) is 1. The van der Waals surface area contributed by atoms with E-state index in [-0.39, 0.29) is 12.3 Å². The van der Waals surface area contributed by atoms with Crippen molar-refractivity contribution < 1.29 is 14.3 Å². The summed E-state index contributed by atoms with van der Waals surface area (Å²) < 4.78 is 10.5. The van der Waals surface area contributed by atoms with Gasteiger partial charge in [0.25, 0.3) is 0 Å². The fourth-order valence-electron chi connectivity index (χ4n) is 2.01. The van der Waals surface area contributed by atoms with E-state index in [0.29, 0.717) is 11.5 Å². The highest BCUT2D eigenvalue weighted by Gasteiger charge is 2.07. The van der Waals surface area contributed by atoms with Gasteiger partial charge in [-0.2, -0.15) is 5.10 Å². The van der Waals surface area contributed by atoms with Gasteiger partial charge in [-0.1, -0.05) is 36.4 Å². The smallest absolute Gasteiger partial charge is 0.244 e. The van der Waals surface area contributed by atoms with Gasteiger partial charge < -0.3 is 9.47 Å². The maximum Gasteiger partial charge on any atom is 0.244 e. The molecule has 0 saturated heterocycles. The lowest BCUT2D eigenvalue weighted by Crippen LogP contribution is -2.19. The molecule has 22 heavy (non-hydrogen) atoms. The zero-order chi connectivity index (χ0) is 15.8. The molecule has 0 aromatic heterocycles. The largest absolute Gasteiger partial charge is 0.493 e. The molecule has 1 N–H and O–H groups in total. The first-order valence-electron chi connectivity index (χ1n) is 6.81. The molecule has 1 amide bonds. The van der Waals surface area contributed by atoms with Crippen LogP contribution in [0.4, 0.5) is 0 Å². The van der Waals surface area contributed by atoms with Gasteiger partial charge >= 0.3 is 0 Å². The van der Waals surface area contributed by atoms with Crippen LogP contribution < -0.4 is 14.9 Å². The van der Waals surface area contributed by atoms with Crippen LogP contribution in [0.15, 0.2) is 53.6 Å².